The minimum absolute atomic E-state index is 0.0431. The third-order valence-electron chi connectivity index (χ3n) is 5.38. The van der Waals surface area contributed by atoms with E-state index in [1.807, 2.05) is 42.5 Å². The van der Waals surface area contributed by atoms with Gasteiger partial charge in [0.1, 0.15) is 0 Å². The molecule has 2 aromatic carbocycles. The molecule has 5 heteroatoms. The van der Waals surface area contributed by atoms with E-state index in [0.29, 0.717) is 0 Å². The molecule has 0 atom stereocenters. The summed E-state index contributed by atoms with van der Waals surface area (Å²) in [6.45, 7) is 3.38. The second-order valence-electron chi connectivity index (χ2n) is 7.84. The first-order valence-electron chi connectivity index (χ1n) is 9.88. The summed E-state index contributed by atoms with van der Waals surface area (Å²) in [5.74, 6) is 0.754. The van der Waals surface area contributed by atoms with E-state index in [1.165, 1.54) is 36.4 Å². The van der Waals surface area contributed by atoms with Gasteiger partial charge in [-0.05, 0) is 74.6 Å². The highest BCUT2D eigenvalue weighted by Gasteiger charge is 2.20. The number of anilines is 2. The molecule has 1 aliphatic rings. The molecule has 28 heavy (non-hydrogen) atoms. The van der Waals surface area contributed by atoms with Gasteiger partial charge in [0.25, 0.3) is 5.91 Å². The average Bonchev–Trinajstić information content (AvgIpc) is 3.13. The van der Waals surface area contributed by atoms with Crippen LogP contribution < -0.4 is 10.2 Å². The number of hydrogen-bond donors (Lipinski definition) is 1. The zero-order chi connectivity index (χ0) is 19.5. The average molecular weight is 394 g/mol. The number of amides is 1. The predicted molar refractivity (Wildman–Crippen MR) is 120 cm³/mol. The summed E-state index contributed by atoms with van der Waals surface area (Å²) < 4.78 is 1.14. The number of rotatable bonds is 5. The normalized spacial score (nSPS) is 15.3. The van der Waals surface area contributed by atoms with E-state index in [9.17, 15) is 4.79 Å². The standard InChI is InChI=1S/C23H27N3OS/c1-25(2)16-17-11-13-26(14-12-17)20-9-7-19(8-10-20)24-23(27)22-15-18-5-3-4-6-21(18)28-22/h3-10,15,17H,11-14,16H2,1-2H3,(H,24,27). The molecule has 1 amide bonds. The smallest absolute Gasteiger partial charge is 0.265 e. The first kappa shape index (κ1) is 19.0. The van der Waals surface area contributed by atoms with Crippen LogP contribution in [0.2, 0.25) is 0 Å². The van der Waals surface area contributed by atoms with Crippen LogP contribution in [0.4, 0.5) is 11.4 Å². The Morgan fingerprint density at radius 2 is 1.82 bits per heavy atom. The minimum atomic E-state index is -0.0431. The minimum Gasteiger partial charge on any atom is -0.372 e. The number of hydrogen-bond acceptors (Lipinski definition) is 4. The lowest BCUT2D eigenvalue weighted by Crippen LogP contribution is -2.37. The van der Waals surface area contributed by atoms with Crippen LogP contribution in [0, 0.1) is 5.92 Å². The van der Waals surface area contributed by atoms with E-state index in [2.05, 4.69) is 41.3 Å². The quantitative estimate of drug-likeness (QED) is 0.667. The zero-order valence-electron chi connectivity index (χ0n) is 16.5. The molecule has 1 aromatic heterocycles. The van der Waals surface area contributed by atoms with Gasteiger partial charge in [0.15, 0.2) is 0 Å². The number of benzene rings is 2. The summed E-state index contributed by atoms with van der Waals surface area (Å²) >= 11 is 1.53. The van der Waals surface area contributed by atoms with Crippen LogP contribution in [-0.4, -0.2) is 44.5 Å². The van der Waals surface area contributed by atoms with Crippen LogP contribution in [0.25, 0.3) is 10.1 Å². The van der Waals surface area contributed by atoms with Crippen LogP contribution >= 0.6 is 11.3 Å². The Bertz CT molecular complexity index is 907. The van der Waals surface area contributed by atoms with Gasteiger partial charge in [-0.2, -0.15) is 0 Å². The SMILES string of the molecule is CN(C)CC1CCN(c2ccc(NC(=O)c3cc4ccccc4s3)cc2)CC1. The third kappa shape index (κ3) is 4.37. The van der Waals surface area contributed by atoms with Crippen LogP contribution in [0.15, 0.2) is 54.6 Å². The van der Waals surface area contributed by atoms with Crippen LogP contribution in [-0.2, 0) is 0 Å². The number of carbonyl (C=O) groups is 1. The lowest BCUT2D eigenvalue weighted by molar-refractivity contribution is 0.103. The van der Waals surface area contributed by atoms with Crippen molar-refractivity contribution in [3.05, 3.63) is 59.5 Å². The highest BCUT2D eigenvalue weighted by molar-refractivity contribution is 7.20. The fourth-order valence-corrected chi connectivity index (χ4v) is 4.89. The first-order chi connectivity index (χ1) is 13.6. The van der Waals surface area contributed by atoms with Gasteiger partial charge in [0, 0.05) is 35.7 Å². The van der Waals surface area contributed by atoms with Crippen molar-refractivity contribution in [2.75, 3.05) is 43.9 Å². The summed E-state index contributed by atoms with van der Waals surface area (Å²) in [5, 5.41) is 4.14. The summed E-state index contributed by atoms with van der Waals surface area (Å²) in [6, 6.07) is 18.3. The highest BCUT2D eigenvalue weighted by atomic mass is 32.1. The molecule has 0 radical (unpaired) electrons. The summed E-state index contributed by atoms with van der Waals surface area (Å²) in [4.78, 5) is 18.1. The number of piperidine rings is 1. The molecule has 146 valence electrons. The van der Waals surface area contributed by atoms with Crippen molar-refractivity contribution in [3.8, 4) is 0 Å². The molecule has 1 aliphatic heterocycles. The summed E-state index contributed by atoms with van der Waals surface area (Å²) in [5.41, 5.74) is 2.08. The van der Waals surface area contributed by atoms with Crippen molar-refractivity contribution in [2.45, 2.75) is 12.8 Å². The van der Waals surface area contributed by atoms with Gasteiger partial charge in [-0.1, -0.05) is 18.2 Å². The number of fused-ring (bicyclic) bond motifs is 1. The maximum atomic E-state index is 12.6. The lowest BCUT2D eigenvalue weighted by Gasteiger charge is -2.34. The lowest BCUT2D eigenvalue weighted by atomic mass is 9.96. The Balaban J connectivity index is 1.36. The predicted octanol–water partition coefficient (Wildman–Crippen LogP) is 4.93. The third-order valence-corrected chi connectivity index (χ3v) is 6.49. The molecule has 4 rings (SSSR count). The number of thiophene rings is 1. The Morgan fingerprint density at radius 1 is 1.11 bits per heavy atom. The molecule has 0 spiro atoms. The van der Waals surface area contributed by atoms with Crippen molar-refractivity contribution in [2.24, 2.45) is 5.92 Å². The van der Waals surface area contributed by atoms with Crippen LogP contribution in [0.3, 0.4) is 0 Å². The van der Waals surface area contributed by atoms with Crippen LogP contribution in [0.5, 0.6) is 0 Å². The van der Waals surface area contributed by atoms with E-state index < -0.39 is 0 Å². The fourth-order valence-electron chi connectivity index (χ4n) is 3.93. The van der Waals surface area contributed by atoms with Crippen molar-refractivity contribution < 1.29 is 4.79 Å². The molecule has 1 saturated heterocycles. The number of carbonyl (C=O) groups excluding carboxylic acids is 1. The molecule has 3 aromatic rings. The number of nitrogens with one attached hydrogen (secondary N) is 1. The van der Waals surface area contributed by atoms with Crippen molar-refractivity contribution in [3.63, 3.8) is 0 Å². The van der Waals surface area contributed by atoms with E-state index in [0.717, 1.165) is 39.7 Å². The first-order valence-corrected chi connectivity index (χ1v) is 10.7. The summed E-state index contributed by atoms with van der Waals surface area (Å²) in [6.07, 6.45) is 2.48. The molecule has 1 N–H and O–H groups in total. The largest absolute Gasteiger partial charge is 0.372 e. The molecule has 0 bridgehead atoms. The van der Waals surface area contributed by atoms with Gasteiger partial charge in [0.05, 0.1) is 4.88 Å². The Hall–Kier alpha value is -2.37. The topological polar surface area (TPSA) is 35.6 Å². The molecule has 0 saturated carbocycles. The van der Waals surface area contributed by atoms with Gasteiger partial charge < -0.3 is 15.1 Å². The van der Waals surface area contributed by atoms with E-state index >= 15 is 0 Å². The van der Waals surface area contributed by atoms with Crippen LogP contribution in [0.1, 0.15) is 22.5 Å². The zero-order valence-corrected chi connectivity index (χ0v) is 17.3. The second kappa shape index (κ2) is 8.33. The second-order valence-corrected chi connectivity index (χ2v) is 8.93. The number of nitrogens with zero attached hydrogens (tertiary/aromatic N) is 2. The van der Waals surface area contributed by atoms with E-state index in [-0.39, 0.29) is 5.91 Å². The van der Waals surface area contributed by atoms with Gasteiger partial charge in [0.2, 0.25) is 0 Å². The monoisotopic (exact) mass is 393 g/mol. The fraction of sp³-hybridized carbons (Fsp3) is 0.348. The Kier molecular flexibility index (Phi) is 5.64. The van der Waals surface area contributed by atoms with Gasteiger partial charge in [-0.3, -0.25) is 4.79 Å². The Labute approximate surface area is 170 Å². The van der Waals surface area contributed by atoms with Gasteiger partial charge in [-0.25, -0.2) is 0 Å². The van der Waals surface area contributed by atoms with Crippen molar-refractivity contribution >= 4 is 38.7 Å². The van der Waals surface area contributed by atoms with Gasteiger partial charge in [-0.15, -0.1) is 11.3 Å². The maximum absolute atomic E-state index is 12.6. The molecular formula is C23H27N3OS. The highest BCUT2D eigenvalue weighted by Crippen LogP contribution is 2.27. The molecule has 2 heterocycles. The van der Waals surface area contributed by atoms with E-state index in [4.69, 9.17) is 0 Å². The molecule has 1 fully saturated rings. The molecular weight excluding hydrogens is 366 g/mol. The van der Waals surface area contributed by atoms with E-state index in [1.54, 1.807) is 0 Å². The van der Waals surface area contributed by atoms with Crippen molar-refractivity contribution in [1.29, 1.82) is 0 Å². The van der Waals surface area contributed by atoms with Crippen molar-refractivity contribution in [1.82, 2.24) is 4.90 Å². The van der Waals surface area contributed by atoms with Gasteiger partial charge >= 0.3 is 0 Å². The Morgan fingerprint density at radius 3 is 2.50 bits per heavy atom. The summed E-state index contributed by atoms with van der Waals surface area (Å²) in [7, 11) is 4.30. The molecule has 0 aliphatic carbocycles. The maximum Gasteiger partial charge on any atom is 0.265 e. The molecule has 0 unspecified atom stereocenters. The molecule has 4 nitrogen and oxygen atoms in total.